The minimum absolute atomic E-state index is 0. The van der Waals surface area contributed by atoms with Crippen LogP contribution in [0.25, 0.3) is 0 Å². The van der Waals surface area contributed by atoms with Crippen LogP contribution in [0.1, 0.15) is 36.5 Å². The lowest BCUT2D eigenvalue weighted by Gasteiger charge is -2.13. The van der Waals surface area contributed by atoms with Crippen LogP contribution < -0.4 is 11.1 Å². The molecule has 1 aliphatic rings. The van der Waals surface area contributed by atoms with Crippen LogP contribution in [0, 0.1) is 5.41 Å². The summed E-state index contributed by atoms with van der Waals surface area (Å²) in [7, 11) is 0. The fourth-order valence-corrected chi connectivity index (χ4v) is 1.88. The summed E-state index contributed by atoms with van der Waals surface area (Å²) in [6.45, 7) is 2.97. The van der Waals surface area contributed by atoms with Crippen molar-refractivity contribution in [3.63, 3.8) is 0 Å². The molecule has 1 aliphatic carbocycles. The number of nitrogens with two attached hydrogens (primary N) is 1. The van der Waals surface area contributed by atoms with E-state index in [1.165, 1.54) is 12.8 Å². The molecule has 1 fully saturated rings. The van der Waals surface area contributed by atoms with Crippen molar-refractivity contribution in [3.8, 4) is 0 Å². The van der Waals surface area contributed by atoms with Gasteiger partial charge in [-0.3, -0.25) is 4.79 Å². The van der Waals surface area contributed by atoms with Crippen LogP contribution in [-0.4, -0.2) is 12.5 Å². The lowest BCUT2D eigenvalue weighted by atomic mass is 10.0. The van der Waals surface area contributed by atoms with E-state index in [2.05, 4.69) is 12.2 Å². The predicted octanol–water partition coefficient (Wildman–Crippen LogP) is 2.61. The van der Waals surface area contributed by atoms with Crippen LogP contribution in [0.2, 0.25) is 0 Å². The topological polar surface area (TPSA) is 55.1 Å². The van der Waals surface area contributed by atoms with Gasteiger partial charge in [-0.05, 0) is 42.9 Å². The molecule has 0 bridgehead atoms. The number of nitrogens with one attached hydrogen (secondary N) is 1. The first-order valence-corrected chi connectivity index (χ1v) is 5.79. The third kappa shape index (κ3) is 3.37. The van der Waals surface area contributed by atoms with Crippen LogP contribution in [0.4, 0.5) is 5.69 Å². The van der Waals surface area contributed by atoms with Gasteiger partial charge >= 0.3 is 0 Å². The molecule has 0 heterocycles. The van der Waals surface area contributed by atoms with E-state index in [9.17, 15) is 4.79 Å². The molecular weight excluding hydrogens is 236 g/mol. The second-order valence-electron chi connectivity index (χ2n) is 4.66. The Morgan fingerprint density at radius 3 is 2.71 bits per heavy atom. The summed E-state index contributed by atoms with van der Waals surface area (Å²) in [4.78, 5) is 11.8. The monoisotopic (exact) mass is 254 g/mol. The molecule has 1 saturated carbocycles. The summed E-state index contributed by atoms with van der Waals surface area (Å²) in [5.74, 6) is -0.0213. The highest BCUT2D eigenvalue weighted by Crippen LogP contribution is 2.47. The maximum absolute atomic E-state index is 11.8. The van der Waals surface area contributed by atoms with Gasteiger partial charge < -0.3 is 11.1 Å². The molecule has 0 atom stereocenters. The molecule has 2 rings (SSSR count). The fourth-order valence-electron chi connectivity index (χ4n) is 1.88. The molecule has 94 valence electrons. The van der Waals surface area contributed by atoms with E-state index < -0.39 is 0 Å². The lowest BCUT2D eigenvalue weighted by Crippen LogP contribution is -2.29. The number of halogens is 1. The number of carbonyl (C=O) groups excluding carboxylic acids is 1. The Balaban J connectivity index is 0.00000144. The maximum atomic E-state index is 11.8. The molecule has 0 radical (unpaired) electrons. The zero-order valence-electron chi connectivity index (χ0n) is 10.0. The van der Waals surface area contributed by atoms with Crippen molar-refractivity contribution >= 4 is 24.0 Å². The minimum atomic E-state index is -0.0213. The van der Waals surface area contributed by atoms with Gasteiger partial charge in [0, 0.05) is 17.8 Å². The van der Waals surface area contributed by atoms with E-state index >= 15 is 0 Å². The van der Waals surface area contributed by atoms with Crippen molar-refractivity contribution in [2.45, 2.75) is 26.2 Å². The number of hydrogen-bond acceptors (Lipinski definition) is 2. The van der Waals surface area contributed by atoms with Gasteiger partial charge in [-0.1, -0.05) is 13.0 Å². The van der Waals surface area contributed by atoms with Crippen molar-refractivity contribution in [3.05, 3.63) is 29.8 Å². The van der Waals surface area contributed by atoms with Crippen molar-refractivity contribution < 1.29 is 4.79 Å². The van der Waals surface area contributed by atoms with Crippen molar-refractivity contribution in [2.24, 2.45) is 5.41 Å². The normalized spacial score (nSPS) is 15.8. The van der Waals surface area contributed by atoms with E-state index in [0.29, 0.717) is 16.7 Å². The van der Waals surface area contributed by atoms with Crippen molar-refractivity contribution in [2.75, 3.05) is 12.3 Å². The first-order chi connectivity index (χ1) is 7.65. The summed E-state index contributed by atoms with van der Waals surface area (Å²) >= 11 is 0. The van der Waals surface area contributed by atoms with Gasteiger partial charge in [0.2, 0.25) is 0 Å². The Morgan fingerprint density at radius 2 is 2.18 bits per heavy atom. The Hall–Kier alpha value is -1.22. The zero-order chi connectivity index (χ0) is 11.6. The van der Waals surface area contributed by atoms with E-state index in [1.807, 2.05) is 0 Å². The molecule has 1 amide bonds. The van der Waals surface area contributed by atoms with Crippen molar-refractivity contribution in [1.82, 2.24) is 5.32 Å². The smallest absolute Gasteiger partial charge is 0.251 e. The Bertz CT molecular complexity index is 402. The number of benzene rings is 1. The molecule has 0 aromatic heterocycles. The summed E-state index contributed by atoms with van der Waals surface area (Å²) in [5.41, 5.74) is 7.30. The molecule has 17 heavy (non-hydrogen) atoms. The van der Waals surface area contributed by atoms with Gasteiger partial charge in [0.25, 0.3) is 5.91 Å². The average molecular weight is 255 g/mol. The minimum Gasteiger partial charge on any atom is -0.399 e. The van der Waals surface area contributed by atoms with Gasteiger partial charge in [0.15, 0.2) is 0 Å². The van der Waals surface area contributed by atoms with E-state index in [4.69, 9.17) is 5.73 Å². The molecule has 4 heteroatoms. The number of hydrogen-bond donors (Lipinski definition) is 2. The summed E-state index contributed by atoms with van der Waals surface area (Å²) in [6, 6.07) is 7.08. The third-order valence-corrected chi connectivity index (χ3v) is 3.48. The highest BCUT2D eigenvalue weighted by atomic mass is 35.5. The van der Waals surface area contributed by atoms with E-state index in [1.54, 1.807) is 24.3 Å². The zero-order valence-corrected chi connectivity index (χ0v) is 10.8. The van der Waals surface area contributed by atoms with Crippen LogP contribution in [0.5, 0.6) is 0 Å². The molecular formula is C13H19ClN2O. The SMILES string of the molecule is CCC1(CNC(=O)c2cccc(N)c2)CC1.Cl. The molecule has 0 unspecified atom stereocenters. The standard InChI is InChI=1S/C13H18N2O.ClH/c1-2-13(6-7-13)9-15-12(16)10-4-3-5-11(14)8-10;/h3-5,8H,2,6-7,9,14H2,1H3,(H,15,16);1H. The van der Waals surface area contributed by atoms with Gasteiger partial charge in [0.05, 0.1) is 0 Å². The van der Waals surface area contributed by atoms with Gasteiger partial charge in [-0.15, -0.1) is 12.4 Å². The number of anilines is 1. The molecule has 0 aliphatic heterocycles. The van der Waals surface area contributed by atoms with Crippen LogP contribution >= 0.6 is 12.4 Å². The first-order valence-electron chi connectivity index (χ1n) is 5.79. The second kappa shape index (κ2) is 5.41. The van der Waals surface area contributed by atoms with Crippen LogP contribution in [0.15, 0.2) is 24.3 Å². The third-order valence-electron chi connectivity index (χ3n) is 3.48. The average Bonchev–Trinajstić information content (AvgIpc) is 3.07. The van der Waals surface area contributed by atoms with Crippen LogP contribution in [0.3, 0.4) is 0 Å². The quantitative estimate of drug-likeness (QED) is 0.812. The number of rotatable bonds is 4. The number of nitrogen functional groups attached to an aromatic ring is 1. The van der Waals surface area contributed by atoms with Gasteiger partial charge in [0.1, 0.15) is 0 Å². The molecule has 3 N–H and O–H groups in total. The Kier molecular flexibility index (Phi) is 4.40. The molecule has 0 spiro atoms. The fraction of sp³-hybridized carbons (Fsp3) is 0.462. The predicted molar refractivity (Wildman–Crippen MR) is 72.4 cm³/mol. The first kappa shape index (κ1) is 13.8. The molecule has 1 aromatic carbocycles. The van der Waals surface area contributed by atoms with Crippen molar-refractivity contribution in [1.29, 1.82) is 0 Å². The van der Waals surface area contributed by atoms with Gasteiger partial charge in [-0.2, -0.15) is 0 Å². The number of carbonyl (C=O) groups is 1. The Labute approximate surface area is 108 Å². The summed E-state index contributed by atoms with van der Waals surface area (Å²) in [6.07, 6.45) is 3.62. The van der Waals surface area contributed by atoms with Gasteiger partial charge in [-0.25, -0.2) is 0 Å². The van der Waals surface area contributed by atoms with E-state index in [0.717, 1.165) is 13.0 Å². The summed E-state index contributed by atoms with van der Waals surface area (Å²) < 4.78 is 0. The highest BCUT2D eigenvalue weighted by molar-refractivity contribution is 5.95. The second-order valence-corrected chi connectivity index (χ2v) is 4.66. The molecule has 3 nitrogen and oxygen atoms in total. The maximum Gasteiger partial charge on any atom is 0.251 e. The highest BCUT2D eigenvalue weighted by Gasteiger charge is 2.40. The largest absolute Gasteiger partial charge is 0.399 e. The van der Waals surface area contributed by atoms with Crippen LogP contribution in [-0.2, 0) is 0 Å². The molecule has 1 aromatic rings. The summed E-state index contributed by atoms with van der Waals surface area (Å²) in [5, 5.41) is 2.99. The Morgan fingerprint density at radius 1 is 1.47 bits per heavy atom. The molecule has 0 saturated heterocycles. The van der Waals surface area contributed by atoms with E-state index in [-0.39, 0.29) is 18.3 Å². The lowest BCUT2D eigenvalue weighted by molar-refractivity contribution is 0.0944. The number of amides is 1.